The number of carbonyl (C=O) groups is 2. The first-order valence-electron chi connectivity index (χ1n) is 8.46. The predicted octanol–water partition coefficient (Wildman–Crippen LogP) is 2.11. The summed E-state index contributed by atoms with van der Waals surface area (Å²) in [6, 6.07) is 6.09. The van der Waals surface area contributed by atoms with Crippen LogP contribution >= 0.6 is 11.3 Å². The highest BCUT2D eigenvalue weighted by molar-refractivity contribution is 7.07. The number of halogens is 2. The molecule has 1 N–H and O–H groups in total. The van der Waals surface area contributed by atoms with Gasteiger partial charge in [0.05, 0.1) is 6.42 Å². The topological polar surface area (TPSA) is 86.6 Å². The zero-order valence-corrected chi connectivity index (χ0v) is 16.0. The van der Waals surface area contributed by atoms with Crippen molar-refractivity contribution in [2.45, 2.75) is 32.9 Å². The van der Waals surface area contributed by atoms with Crippen molar-refractivity contribution in [3.05, 3.63) is 50.6 Å². The Hall–Kier alpha value is -2.75. The molecule has 0 saturated carbocycles. The van der Waals surface area contributed by atoms with Crippen LogP contribution in [0.5, 0.6) is 5.75 Å². The minimum Gasteiger partial charge on any atom is -0.456 e. The summed E-state index contributed by atoms with van der Waals surface area (Å²) in [5, 5.41) is 4.31. The van der Waals surface area contributed by atoms with Crippen molar-refractivity contribution in [1.29, 1.82) is 0 Å². The van der Waals surface area contributed by atoms with E-state index in [0.29, 0.717) is 13.0 Å². The van der Waals surface area contributed by atoms with E-state index in [4.69, 9.17) is 4.74 Å². The van der Waals surface area contributed by atoms with Gasteiger partial charge < -0.3 is 19.4 Å². The van der Waals surface area contributed by atoms with Gasteiger partial charge in [-0.2, -0.15) is 8.78 Å². The fourth-order valence-corrected chi connectivity index (χ4v) is 3.09. The molecule has 0 aliphatic heterocycles. The Bertz CT molecular complexity index is 848. The molecule has 2 aromatic rings. The monoisotopic (exact) mass is 414 g/mol. The molecule has 1 aromatic heterocycles. The molecule has 0 spiro atoms. The number of rotatable bonds is 10. The largest absolute Gasteiger partial charge is 0.456 e. The van der Waals surface area contributed by atoms with Gasteiger partial charge in [0, 0.05) is 24.2 Å². The number of aryl methyl sites for hydroxylation is 1. The Labute approximate surface area is 163 Å². The van der Waals surface area contributed by atoms with Gasteiger partial charge in [-0.1, -0.05) is 23.5 Å². The molecular formula is C18H20F2N2O5S. The quantitative estimate of drug-likeness (QED) is 0.602. The van der Waals surface area contributed by atoms with Gasteiger partial charge in [0.25, 0.3) is 5.91 Å². The molecule has 0 aliphatic rings. The van der Waals surface area contributed by atoms with Crippen molar-refractivity contribution < 1.29 is 27.8 Å². The molecule has 1 amide bonds. The Balaban J connectivity index is 1.63. The van der Waals surface area contributed by atoms with E-state index in [1.807, 2.05) is 0 Å². The average Bonchev–Trinajstić information content (AvgIpc) is 2.97. The van der Waals surface area contributed by atoms with E-state index in [-0.39, 0.29) is 23.6 Å². The molecule has 2 rings (SSSR count). The number of alkyl halides is 2. The molecular weight excluding hydrogens is 394 g/mol. The Morgan fingerprint density at radius 1 is 1.25 bits per heavy atom. The number of hydrogen-bond acceptors (Lipinski definition) is 6. The van der Waals surface area contributed by atoms with Gasteiger partial charge in [0.2, 0.25) is 0 Å². The number of thiazole rings is 1. The number of carbonyl (C=O) groups excluding carboxylic acids is 2. The van der Waals surface area contributed by atoms with Crippen molar-refractivity contribution in [2.75, 3.05) is 13.2 Å². The van der Waals surface area contributed by atoms with Crippen LogP contribution in [-0.4, -0.2) is 36.2 Å². The van der Waals surface area contributed by atoms with E-state index in [1.54, 1.807) is 24.4 Å². The first kappa shape index (κ1) is 21.5. The summed E-state index contributed by atoms with van der Waals surface area (Å²) in [6.45, 7) is -0.995. The molecule has 1 aromatic carbocycles. The minimum atomic E-state index is -2.87. The standard InChI is InChI=1S/C18H20F2N2O5S/c1-12-11-28-18(25)22(12)9-7-16(24)26-10-15(23)21-8-6-13-2-4-14(5-3-13)27-17(19)20/h2-5,11,17H,6-10H2,1H3,(H,21,23). The van der Waals surface area contributed by atoms with Crippen molar-refractivity contribution in [2.24, 2.45) is 0 Å². The zero-order chi connectivity index (χ0) is 20.5. The number of aromatic nitrogens is 1. The maximum absolute atomic E-state index is 12.1. The van der Waals surface area contributed by atoms with Crippen LogP contribution in [0.2, 0.25) is 0 Å². The first-order valence-corrected chi connectivity index (χ1v) is 9.34. The maximum Gasteiger partial charge on any atom is 0.387 e. The van der Waals surface area contributed by atoms with Crippen molar-refractivity contribution in [1.82, 2.24) is 9.88 Å². The van der Waals surface area contributed by atoms with Gasteiger partial charge in [-0.05, 0) is 31.0 Å². The minimum absolute atomic E-state index is 0.00219. The molecule has 0 aliphatic carbocycles. The molecule has 28 heavy (non-hydrogen) atoms. The summed E-state index contributed by atoms with van der Waals surface area (Å²) in [6.07, 6.45) is 0.479. The molecule has 0 atom stereocenters. The number of esters is 1. The van der Waals surface area contributed by atoms with E-state index in [9.17, 15) is 23.2 Å². The summed E-state index contributed by atoms with van der Waals surface area (Å²) in [4.78, 5) is 34.8. The van der Waals surface area contributed by atoms with Gasteiger partial charge in [-0.3, -0.25) is 14.4 Å². The maximum atomic E-state index is 12.1. The fourth-order valence-electron chi connectivity index (χ4n) is 2.33. The van der Waals surface area contributed by atoms with Crippen LogP contribution in [0.4, 0.5) is 8.78 Å². The lowest BCUT2D eigenvalue weighted by atomic mass is 10.1. The molecule has 10 heteroatoms. The van der Waals surface area contributed by atoms with Gasteiger partial charge in [-0.25, -0.2) is 0 Å². The van der Waals surface area contributed by atoms with Crippen LogP contribution in [0.15, 0.2) is 34.4 Å². The van der Waals surface area contributed by atoms with E-state index in [1.165, 1.54) is 16.7 Å². The van der Waals surface area contributed by atoms with Crippen molar-refractivity contribution in [3.8, 4) is 5.75 Å². The summed E-state index contributed by atoms with van der Waals surface area (Å²) in [7, 11) is 0. The normalized spacial score (nSPS) is 10.7. The Morgan fingerprint density at radius 3 is 2.57 bits per heavy atom. The number of nitrogens with one attached hydrogen (secondary N) is 1. The van der Waals surface area contributed by atoms with E-state index >= 15 is 0 Å². The Kier molecular flexibility index (Phi) is 8.12. The van der Waals surface area contributed by atoms with Crippen molar-refractivity contribution >= 4 is 23.2 Å². The third kappa shape index (κ3) is 7.10. The summed E-state index contributed by atoms with van der Waals surface area (Å²) < 4.78 is 34.8. The highest BCUT2D eigenvalue weighted by Crippen LogP contribution is 2.14. The first-order chi connectivity index (χ1) is 13.3. The molecule has 0 saturated heterocycles. The lowest BCUT2D eigenvalue weighted by Gasteiger charge is -2.08. The second-order valence-corrected chi connectivity index (χ2v) is 6.65. The molecule has 0 fully saturated rings. The number of ether oxygens (including phenoxy) is 2. The molecule has 1 heterocycles. The summed E-state index contributed by atoms with van der Waals surface area (Å²) in [5.74, 6) is -0.952. The third-order valence-corrected chi connectivity index (χ3v) is 4.65. The predicted molar refractivity (Wildman–Crippen MR) is 98.7 cm³/mol. The zero-order valence-electron chi connectivity index (χ0n) is 15.2. The molecule has 7 nitrogen and oxygen atoms in total. The highest BCUT2D eigenvalue weighted by atomic mass is 32.1. The molecule has 0 unspecified atom stereocenters. The molecule has 0 bridgehead atoms. The van der Waals surface area contributed by atoms with E-state index in [0.717, 1.165) is 22.6 Å². The third-order valence-electron chi connectivity index (χ3n) is 3.76. The smallest absolute Gasteiger partial charge is 0.387 e. The summed E-state index contributed by atoms with van der Waals surface area (Å²) >= 11 is 1.06. The second kappa shape index (κ2) is 10.5. The van der Waals surface area contributed by atoms with Gasteiger partial charge in [-0.15, -0.1) is 0 Å². The van der Waals surface area contributed by atoms with Gasteiger partial charge >= 0.3 is 17.5 Å². The average molecular weight is 414 g/mol. The van der Waals surface area contributed by atoms with Crippen LogP contribution < -0.4 is 14.9 Å². The number of amides is 1. The lowest BCUT2D eigenvalue weighted by molar-refractivity contribution is -0.148. The van der Waals surface area contributed by atoms with Gasteiger partial charge in [0.15, 0.2) is 6.61 Å². The van der Waals surface area contributed by atoms with Gasteiger partial charge in [0.1, 0.15) is 5.75 Å². The van der Waals surface area contributed by atoms with Crippen LogP contribution in [0.1, 0.15) is 17.7 Å². The van der Waals surface area contributed by atoms with Crippen molar-refractivity contribution in [3.63, 3.8) is 0 Å². The van der Waals surface area contributed by atoms with Crippen LogP contribution in [0.25, 0.3) is 0 Å². The van der Waals surface area contributed by atoms with E-state index < -0.39 is 25.1 Å². The number of hydrogen-bond donors (Lipinski definition) is 1. The SMILES string of the molecule is Cc1csc(=O)n1CCC(=O)OCC(=O)NCCc1ccc(OC(F)F)cc1. The Morgan fingerprint density at radius 2 is 1.96 bits per heavy atom. The molecule has 152 valence electrons. The fraction of sp³-hybridized carbons (Fsp3) is 0.389. The number of benzene rings is 1. The molecule has 0 radical (unpaired) electrons. The summed E-state index contributed by atoms with van der Waals surface area (Å²) in [5.41, 5.74) is 1.60. The van der Waals surface area contributed by atoms with Crippen LogP contribution in [0, 0.1) is 6.92 Å². The highest BCUT2D eigenvalue weighted by Gasteiger charge is 2.10. The lowest BCUT2D eigenvalue weighted by Crippen LogP contribution is -2.30. The van der Waals surface area contributed by atoms with Crippen LogP contribution in [0.3, 0.4) is 0 Å². The van der Waals surface area contributed by atoms with Crippen LogP contribution in [-0.2, 0) is 27.3 Å². The number of nitrogens with zero attached hydrogens (tertiary/aromatic N) is 1. The van der Waals surface area contributed by atoms with E-state index in [2.05, 4.69) is 10.1 Å². The second-order valence-electron chi connectivity index (χ2n) is 5.83.